The van der Waals surface area contributed by atoms with Crippen LogP contribution in [0, 0.1) is 11.8 Å². The van der Waals surface area contributed by atoms with Gasteiger partial charge in [-0.3, -0.25) is 0 Å². The summed E-state index contributed by atoms with van der Waals surface area (Å²) in [4.78, 5) is 16.1. The first-order valence-electron chi connectivity index (χ1n) is 11.0. The van der Waals surface area contributed by atoms with E-state index in [4.69, 9.17) is 4.74 Å². The van der Waals surface area contributed by atoms with Crippen molar-refractivity contribution in [3.8, 4) is 0 Å². The molecule has 2 aromatic heterocycles. The summed E-state index contributed by atoms with van der Waals surface area (Å²) in [5, 5.41) is 11.0. The van der Waals surface area contributed by atoms with E-state index in [1.807, 2.05) is 25.7 Å². The quantitative estimate of drug-likeness (QED) is 0.683. The van der Waals surface area contributed by atoms with Crippen LogP contribution in [0.25, 0.3) is 5.65 Å². The van der Waals surface area contributed by atoms with Gasteiger partial charge in [-0.15, -0.1) is 15.3 Å². The molecule has 11 heteroatoms. The van der Waals surface area contributed by atoms with Crippen molar-refractivity contribution in [3.63, 3.8) is 0 Å². The summed E-state index contributed by atoms with van der Waals surface area (Å²) in [6, 6.07) is 3.22. The number of piperidine rings is 2. The van der Waals surface area contributed by atoms with E-state index in [1.54, 1.807) is 11.0 Å². The molecule has 4 heterocycles. The normalized spacial score (nSPS) is 19.6. The molecule has 0 aromatic carbocycles. The number of carbonyl (C=O) groups excluding carboxylic acids is 1. The van der Waals surface area contributed by atoms with Gasteiger partial charge in [0.2, 0.25) is 0 Å². The zero-order valence-electron chi connectivity index (χ0n) is 18.6. The summed E-state index contributed by atoms with van der Waals surface area (Å²) in [7, 11) is 0. The monoisotopic (exact) mass is 454 g/mol. The number of amides is 1. The topological polar surface area (TPSA) is 75.9 Å². The van der Waals surface area contributed by atoms with Crippen LogP contribution in [0.15, 0.2) is 12.1 Å². The largest absolute Gasteiger partial charge is 0.453 e. The van der Waals surface area contributed by atoms with Crippen LogP contribution in [-0.4, -0.2) is 62.6 Å². The number of halogens is 3. The minimum Gasteiger partial charge on any atom is -0.444 e. The maximum absolute atomic E-state index is 13.1. The standard InChI is InChI=1S/C21H29F3N6O2/c1-20(2,3)32-19(31)29-12-8-15(9-13-29)14-6-10-28(11-7-14)17-5-4-16-25-26-18(21(22,23)24)30(16)27-17/h4-5,14-15H,6-13H2,1-3H3. The highest BCUT2D eigenvalue weighted by Crippen LogP contribution is 2.34. The third kappa shape index (κ3) is 4.91. The third-order valence-electron chi connectivity index (χ3n) is 6.22. The van der Waals surface area contributed by atoms with Gasteiger partial charge in [0.1, 0.15) is 11.4 Å². The Morgan fingerprint density at radius 3 is 2.12 bits per heavy atom. The van der Waals surface area contributed by atoms with Gasteiger partial charge in [0.25, 0.3) is 5.82 Å². The molecule has 0 N–H and O–H groups in total. The third-order valence-corrected chi connectivity index (χ3v) is 6.22. The molecule has 0 radical (unpaired) electrons. The van der Waals surface area contributed by atoms with Crippen molar-refractivity contribution in [3.05, 3.63) is 18.0 Å². The summed E-state index contributed by atoms with van der Waals surface area (Å²) in [6.45, 7) is 8.47. The molecule has 0 saturated carbocycles. The fourth-order valence-corrected chi connectivity index (χ4v) is 4.60. The highest BCUT2D eigenvalue weighted by Gasteiger charge is 2.38. The molecule has 176 valence electrons. The zero-order valence-corrected chi connectivity index (χ0v) is 18.6. The average molecular weight is 454 g/mol. The Hall–Kier alpha value is -2.59. The number of nitrogens with zero attached hydrogens (tertiary/aromatic N) is 6. The van der Waals surface area contributed by atoms with Gasteiger partial charge in [-0.1, -0.05) is 0 Å². The highest BCUT2D eigenvalue weighted by molar-refractivity contribution is 5.68. The summed E-state index contributed by atoms with van der Waals surface area (Å²) < 4.78 is 45.6. The second-order valence-corrected chi connectivity index (χ2v) is 9.61. The number of aromatic nitrogens is 4. The smallest absolute Gasteiger partial charge is 0.444 e. The maximum atomic E-state index is 13.1. The predicted octanol–water partition coefficient (Wildman–Crippen LogP) is 4.01. The number of hydrogen-bond acceptors (Lipinski definition) is 6. The molecule has 2 saturated heterocycles. The van der Waals surface area contributed by atoms with Gasteiger partial charge in [-0.05, 0) is 70.4 Å². The SMILES string of the molecule is CC(C)(C)OC(=O)N1CCC(C2CCN(c3ccc4nnc(C(F)(F)F)n4n3)CC2)CC1. The highest BCUT2D eigenvalue weighted by atomic mass is 19.4. The van der Waals surface area contributed by atoms with Crippen molar-refractivity contribution < 1.29 is 22.7 Å². The molecular weight excluding hydrogens is 425 g/mol. The molecule has 0 aliphatic carbocycles. The molecule has 8 nitrogen and oxygen atoms in total. The van der Waals surface area contributed by atoms with Crippen LogP contribution in [-0.2, 0) is 10.9 Å². The van der Waals surface area contributed by atoms with Gasteiger partial charge in [0, 0.05) is 26.2 Å². The first kappa shape index (κ1) is 22.6. The Balaban J connectivity index is 1.33. The second-order valence-electron chi connectivity index (χ2n) is 9.61. The Morgan fingerprint density at radius 1 is 0.969 bits per heavy atom. The Kier molecular flexibility index (Phi) is 5.93. The first-order chi connectivity index (χ1) is 15.0. The Morgan fingerprint density at radius 2 is 1.56 bits per heavy atom. The van der Waals surface area contributed by atoms with Crippen molar-refractivity contribution >= 4 is 17.6 Å². The second kappa shape index (κ2) is 8.40. The Bertz CT molecular complexity index is 955. The minimum absolute atomic E-state index is 0.0766. The Labute approximate surface area is 184 Å². The van der Waals surface area contributed by atoms with Crippen molar-refractivity contribution in [2.24, 2.45) is 11.8 Å². The van der Waals surface area contributed by atoms with Crippen molar-refractivity contribution in [2.75, 3.05) is 31.1 Å². The number of likely N-dealkylation sites (tertiary alicyclic amines) is 1. The van der Waals surface area contributed by atoms with E-state index in [0.29, 0.717) is 30.7 Å². The number of rotatable bonds is 2. The van der Waals surface area contributed by atoms with E-state index in [2.05, 4.69) is 15.3 Å². The first-order valence-corrected chi connectivity index (χ1v) is 11.0. The van der Waals surface area contributed by atoms with E-state index >= 15 is 0 Å². The predicted molar refractivity (Wildman–Crippen MR) is 111 cm³/mol. The molecule has 0 unspecified atom stereocenters. The summed E-state index contributed by atoms with van der Waals surface area (Å²) in [6.07, 6.45) is -1.06. The lowest BCUT2D eigenvalue weighted by Crippen LogP contribution is -2.44. The zero-order chi connectivity index (χ0) is 23.1. The average Bonchev–Trinajstić information content (AvgIpc) is 3.16. The number of hydrogen-bond donors (Lipinski definition) is 0. The van der Waals surface area contributed by atoms with Crippen LogP contribution >= 0.6 is 0 Å². The van der Waals surface area contributed by atoms with Crippen LogP contribution in [0.3, 0.4) is 0 Å². The van der Waals surface area contributed by atoms with Gasteiger partial charge in [0.15, 0.2) is 5.65 Å². The van der Waals surface area contributed by atoms with Crippen LogP contribution in [0.2, 0.25) is 0 Å². The van der Waals surface area contributed by atoms with Crippen LogP contribution in [0.4, 0.5) is 23.8 Å². The number of ether oxygens (including phenoxy) is 1. The number of carbonyl (C=O) groups is 1. The van der Waals surface area contributed by atoms with Gasteiger partial charge >= 0.3 is 12.3 Å². The fraction of sp³-hybridized carbons (Fsp3) is 0.714. The minimum atomic E-state index is -4.60. The van der Waals surface area contributed by atoms with E-state index in [0.717, 1.165) is 43.3 Å². The molecule has 4 rings (SSSR count). The lowest BCUT2D eigenvalue weighted by molar-refractivity contribution is -0.146. The molecule has 0 bridgehead atoms. The van der Waals surface area contributed by atoms with E-state index in [9.17, 15) is 18.0 Å². The lowest BCUT2D eigenvalue weighted by Gasteiger charge is -2.40. The van der Waals surface area contributed by atoms with Gasteiger partial charge in [-0.25, -0.2) is 4.79 Å². The number of anilines is 1. The van der Waals surface area contributed by atoms with E-state index < -0.39 is 17.6 Å². The molecule has 0 atom stereocenters. The summed E-state index contributed by atoms with van der Waals surface area (Å²) in [5.41, 5.74) is -0.418. The molecule has 0 spiro atoms. The van der Waals surface area contributed by atoms with E-state index in [-0.39, 0.29) is 11.7 Å². The van der Waals surface area contributed by atoms with Crippen molar-refractivity contribution in [1.82, 2.24) is 24.7 Å². The van der Waals surface area contributed by atoms with Crippen LogP contribution in [0.5, 0.6) is 0 Å². The van der Waals surface area contributed by atoms with Gasteiger partial charge < -0.3 is 14.5 Å². The fourth-order valence-electron chi connectivity index (χ4n) is 4.60. The van der Waals surface area contributed by atoms with Gasteiger partial charge in [0.05, 0.1) is 0 Å². The molecular formula is C21H29F3N6O2. The van der Waals surface area contributed by atoms with Crippen LogP contribution < -0.4 is 4.90 Å². The molecule has 2 fully saturated rings. The number of fused-ring (bicyclic) bond motifs is 1. The summed E-state index contributed by atoms with van der Waals surface area (Å²) >= 11 is 0. The molecule has 2 aromatic rings. The van der Waals surface area contributed by atoms with E-state index in [1.165, 1.54) is 6.07 Å². The van der Waals surface area contributed by atoms with Gasteiger partial charge in [-0.2, -0.15) is 17.7 Å². The summed E-state index contributed by atoms with van der Waals surface area (Å²) in [5.74, 6) is 0.472. The van der Waals surface area contributed by atoms with Crippen molar-refractivity contribution in [2.45, 2.75) is 58.2 Å². The molecule has 2 aliphatic heterocycles. The molecule has 1 amide bonds. The maximum Gasteiger partial charge on any atom is 0.453 e. The lowest BCUT2D eigenvalue weighted by atomic mass is 9.79. The molecule has 2 aliphatic rings. The number of alkyl halides is 3. The van der Waals surface area contributed by atoms with Crippen LogP contribution in [0.1, 0.15) is 52.3 Å². The van der Waals surface area contributed by atoms with Crippen molar-refractivity contribution in [1.29, 1.82) is 0 Å². The molecule has 32 heavy (non-hydrogen) atoms.